The minimum atomic E-state index is -0.139. The van der Waals surface area contributed by atoms with E-state index < -0.39 is 0 Å². The summed E-state index contributed by atoms with van der Waals surface area (Å²) in [5.74, 6) is 1.12. The summed E-state index contributed by atoms with van der Waals surface area (Å²) in [4.78, 5) is 27.4. The van der Waals surface area contributed by atoms with Gasteiger partial charge in [-0.15, -0.1) is 0 Å². The highest BCUT2D eigenvalue weighted by Gasteiger charge is 2.14. The summed E-state index contributed by atoms with van der Waals surface area (Å²) in [5, 5.41) is 0. The van der Waals surface area contributed by atoms with Crippen molar-refractivity contribution in [2.75, 3.05) is 26.0 Å². The van der Waals surface area contributed by atoms with Gasteiger partial charge in [-0.1, -0.05) is 0 Å². The molecule has 2 aromatic heterocycles. The minimum absolute atomic E-state index is 0.139. The van der Waals surface area contributed by atoms with Gasteiger partial charge in [0.05, 0.1) is 0 Å². The summed E-state index contributed by atoms with van der Waals surface area (Å²) in [7, 11) is 5.08. The molecule has 19 heavy (non-hydrogen) atoms. The van der Waals surface area contributed by atoms with Crippen molar-refractivity contribution in [2.45, 2.75) is 0 Å². The molecule has 2 amide bonds. The van der Waals surface area contributed by atoms with Crippen LogP contribution in [-0.4, -0.2) is 47.0 Å². The zero-order valence-electron chi connectivity index (χ0n) is 11.1. The fourth-order valence-electron chi connectivity index (χ4n) is 1.57. The second kappa shape index (κ2) is 5.43. The van der Waals surface area contributed by atoms with E-state index in [2.05, 4.69) is 15.0 Å². The molecular formula is C13H15N5O. The Balaban J connectivity index is 2.32. The van der Waals surface area contributed by atoms with Gasteiger partial charge in [-0.3, -0.25) is 9.88 Å². The molecule has 98 valence electrons. The third kappa shape index (κ3) is 2.85. The lowest BCUT2D eigenvalue weighted by molar-refractivity contribution is 0.225. The first-order chi connectivity index (χ1) is 9.09. The second-order valence-corrected chi connectivity index (χ2v) is 4.21. The summed E-state index contributed by atoms with van der Waals surface area (Å²) in [6.45, 7) is 0. The van der Waals surface area contributed by atoms with E-state index in [4.69, 9.17) is 0 Å². The number of hydrogen-bond donors (Lipinski definition) is 0. The van der Waals surface area contributed by atoms with Crippen molar-refractivity contribution < 1.29 is 4.79 Å². The molecule has 0 fully saturated rings. The number of aromatic nitrogens is 3. The molecule has 2 aromatic rings. The lowest BCUT2D eigenvalue weighted by Crippen LogP contribution is -2.36. The number of carbonyl (C=O) groups excluding carboxylic acids is 1. The van der Waals surface area contributed by atoms with Crippen LogP contribution in [0.15, 0.2) is 36.8 Å². The lowest BCUT2D eigenvalue weighted by Gasteiger charge is -2.20. The van der Waals surface area contributed by atoms with Gasteiger partial charge >= 0.3 is 6.03 Å². The maximum atomic E-state index is 11.9. The third-order valence-electron chi connectivity index (χ3n) is 2.59. The number of hydrogen-bond acceptors (Lipinski definition) is 4. The van der Waals surface area contributed by atoms with Crippen molar-refractivity contribution in [3.8, 4) is 11.4 Å². The molecule has 0 aliphatic carbocycles. The summed E-state index contributed by atoms with van der Waals surface area (Å²) in [5.41, 5.74) is 0.863. The number of rotatable bonds is 2. The molecule has 6 nitrogen and oxygen atoms in total. The molecule has 0 aliphatic rings. The Labute approximate surface area is 111 Å². The van der Waals surface area contributed by atoms with E-state index in [0.717, 1.165) is 5.56 Å². The van der Waals surface area contributed by atoms with Gasteiger partial charge < -0.3 is 4.90 Å². The molecule has 0 unspecified atom stereocenters. The summed E-state index contributed by atoms with van der Waals surface area (Å²) in [6, 6.07) is 5.21. The topological polar surface area (TPSA) is 62.2 Å². The summed E-state index contributed by atoms with van der Waals surface area (Å²) < 4.78 is 0. The largest absolute Gasteiger partial charge is 0.330 e. The van der Waals surface area contributed by atoms with Crippen LogP contribution in [0, 0.1) is 0 Å². The van der Waals surface area contributed by atoms with E-state index in [9.17, 15) is 4.79 Å². The average Bonchev–Trinajstić information content (AvgIpc) is 2.46. The normalized spacial score (nSPS) is 10.1. The molecule has 0 atom stereocenters. The van der Waals surface area contributed by atoms with Gasteiger partial charge in [-0.2, -0.15) is 0 Å². The van der Waals surface area contributed by atoms with Crippen LogP contribution in [0.5, 0.6) is 0 Å². The van der Waals surface area contributed by atoms with Crippen LogP contribution in [0.3, 0.4) is 0 Å². The van der Waals surface area contributed by atoms with Crippen LogP contribution >= 0.6 is 0 Å². The van der Waals surface area contributed by atoms with Crippen LogP contribution in [0.2, 0.25) is 0 Å². The fourth-order valence-corrected chi connectivity index (χ4v) is 1.57. The van der Waals surface area contributed by atoms with Gasteiger partial charge in [0.1, 0.15) is 5.82 Å². The molecule has 0 radical (unpaired) electrons. The van der Waals surface area contributed by atoms with Crippen LogP contribution in [-0.2, 0) is 0 Å². The van der Waals surface area contributed by atoms with Gasteiger partial charge in [0.2, 0.25) is 0 Å². The molecular weight excluding hydrogens is 242 g/mol. The first-order valence-corrected chi connectivity index (χ1v) is 5.78. The summed E-state index contributed by atoms with van der Waals surface area (Å²) in [6.07, 6.45) is 5.00. The Kier molecular flexibility index (Phi) is 3.70. The van der Waals surface area contributed by atoms with Crippen molar-refractivity contribution in [1.29, 1.82) is 0 Å². The van der Waals surface area contributed by atoms with E-state index in [1.165, 1.54) is 9.80 Å². The van der Waals surface area contributed by atoms with E-state index in [0.29, 0.717) is 11.6 Å². The lowest BCUT2D eigenvalue weighted by atomic mass is 10.2. The molecule has 0 aliphatic heterocycles. The Bertz CT molecular complexity index is 570. The fraction of sp³-hybridized carbons (Fsp3) is 0.231. The van der Waals surface area contributed by atoms with Gasteiger partial charge in [0.15, 0.2) is 5.82 Å². The van der Waals surface area contributed by atoms with Crippen LogP contribution in [0.25, 0.3) is 11.4 Å². The molecule has 2 heterocycles. The quantitative estimate of drug-likeness (QED) is 0.820. The molecule has 0 aromatic carbocycles. The van der Waals surface area contributed by atoms with Gasteiger partial charge in [-0.25, -0.2) is 14.8 Å². The molecule has 0 saturated heterocycles. The Hall–Kier alpha value is -2.50. The SMILES string of the molecule is CN(C)C(=O)N(C)c1ccnc(-c2ccncc2)n1. The molecule has 0 spiro atoms. The number of urea groups is 1. The smallest absolute Gasteiger partial charge is 0.324 e. The Morgan fingerprint density at radius 2 is 1.74 bits per heavy atom. The highest BCUT2D eigenvalue weighted by molar-refractivity contribution is 5.90. The van der Waals surface area contributed by atoms with Gasteiger partial charge in [0, 0.05) is 45.3 Å². The average molecular weight is 257 g/mol. The predicted octanol–water partition coefficient (Wildman–Crippen LogP) is 1.66. The van der Waals surface area contributed by atoms with E-state index in [1.807, 2.05) is 12.1 Å². The van der Waals surface area contributed by atoms with Crippen LogP contribution in [0.1, 0.15) is 0 Å². The number of carbonyl (C=O) groups is 1. The molecule has 0 N–H and O–H groups in total. The Morgan fingerprint density at radius 1 is 1.05 bits per heavy atom. The molecule has 0 bridgehead atoms. The van der Waals surface area contributed by atoms with Crippen LogP contribution in [0.4, 0.5) is 10.6 Å². The summed E-state index contributed by atoms with van der Waals surface area (Å²) >= 11 is 0. The van der Waals surface area contributed by atoms with Gasteiger partial charge in [0.25, 0.3) is 0 Å². The second-order valence-electron chi connectivity index (χ2n) is 4.21. The van der Waals surface area contributed by atoms with Crippen molar-refractivity contribution in [3.63, 3.8) is 0 Å². The number of nitrogens with zero attached hydrogens (tertiary/aromatic N) is 5. The van der Waals surface area contributed by atoms with Gasteiger partial charge in [-0.05, 0) is 18.2 Å². The molecule has 0 saturated carbocycles. The maximum absolute atomic E-state index is 11.9. The highest BCUT2D eigenvalue weighted by atomic mass is 16.2. The van der Waals surface area contributed by atoms with Crippen LogP contribution < -0.4 is 4.90 Å². The third-order valence-corrected chi connectivity index (χ3v) is 2.59. The minimum Gasteiger partial charge on any atom is -0.330 e. The highest BCUT2D eigenvalue weighted by Crippen LogP contribution is 2.17. The first-order valence-electron chi connectivity index (χ1n) is 5.78. The zero-order chi connectivity index (χ0) is 13.8. The van der Waals surface area contributed by atoms with Crippen molar-refractivity contribution in [3.05, 3.63) is 36.8 Å². The first kappa shape index (κ1) is 12.9. The van der Waals surface area contributed by atoms with Crippen molar-refractivity contribution >= 4 is 11.8 Å². The number of pyridine rings is 1. The standard InChI is InChI=1S/C13H15N5O/c1-17(2)13(19)18(3)11-6-9-15-12(16-11)10-4-7-14-8-5-10/h4-9H,1-3H3. The van der Waals surface area contributed by atoms with Crippen molar-refractivity contribution in [1.82, 2.24) is 19.9 Å². The molecule has 6 heteroatoms. The number of anilines is 1. The van der Waals surface area contributed by atoms with E-state index in [-0.39, 0.29) is 6.03 Å². The monoisotopic (exact) mass is 257 g/mol. The van der Waals surface area contributed by atoms with E-state index >= 15 is 0 Å². The Morgan fingerprint density at radius 3 is 2.37 bits per heavy atom. The van der Waals surface area contributed by atoms with E-state index in [1.54, 1.807) is 45.8 Å². The zero-order valence-corrected chi connectivity index (χ0v) is 11.1. The predicted molar refractivity (Wildman–Crippen MR) is 72.7 cm³/mol. The maximum Gasteiger partial charge on any atom is 0.324 e. The number of amides is 2. The van der Waals surface area contributed by atoms with Crippen molar-refractivity contribution in [2.24, 2.45) is 0 Å². The molecule has 2 rings (SSSR count).